The van der Waals surface area contributed by atoms with E-state index in [0.717, 1.165) is 27.9 Å². The van der Waals surface area contributed by atoms with Crippen molar-refractivity contribution < 1.29 is 4.52 Å². The maximum Gasteiger partial charge on any atom is 0.191 e. The molecule has 0 atom stereocenters. The van der Waals surface area contributed by atoms with E-state index in [9.17, 15) is 0 Å². The molecule has 2 aromatic heterocycles. The van der Waals surface area contributed by atoms with Crippen LogP contribution in [-0.2, 0) is 5.75 Å². The molecule has 5 nitrogen and oxygen atoms in total. The number of benzene rings is 1. The van der Waals surface area contributed by atoms with Gasteiger partial charge in [-0.3, -0.25) is 0 Å². The lowest BCUT2D eigenvalue weighted by Crippen LogP contribution is -2.01. The lowest BCUT2D eigenvalue weighted by Gasteiger charge is -2.07. The lowest BCUT2D eigenvalue weighted by molar-refractivity contribution is 0.426. The van der Waals surface area contributed by atoms with Gasteiger partial charge in [-0.1, -0.05) is 47.3 Å². The summed E-state index contributed by atoms with van der Waals surface area (Å²) in [5.41, 5.74) is 2.00. The monoisotopic (exact) mass is 338 g/mol. The van der Waals surface area contributed by atoms with Crippen molar-refractivity contribution in [3.63, 3.8) is 0 Å². The van der Waals surface area contributed by atoms with Crippen LogP contribution in [0.5, 0.6) is 0 Å². The molecule has 122 valence electrons. The second kappa shape index (κ2) is 5.77. The molecule has 0 N–H and O–H groups in total. The molecule has 24 heavy (non-hydrogen) atoms. The molecule has 2 aliphatic rings. The molecule has 2 fully saturated rings. The van der Waals surface area contributed by atoms with Gasteiger partial charge in [-0.25, -0.2) is 0 Å². The van der Waals surface area contributed by atoms with E-state index in [1.165, 1.54) is 31.5 Å². The number of nitrogens with zero attached hydrogens (tertiary/aromatic N) is 4. The molecule has 3 aromatic rings. The molecule has 5 rings (SSSR count). The molecule has 2 heterocycles. The minimum atomic E-state index is 0.621. The average molecular weight is 338 g/mol. The molecule has 6 heteroatoms. The Kier molecular flexibility index (Phi) is 3.43. The van der Waals surface area contributed by atoms with E-state index in [1.54, 1.807) is 11.8 Å². The molecule has 1 aromatic carbocycles. The second-order valence-electron chi connectivity index (χ2n) is 6.55. The van der Waals surface area contributed by atoms with Crippen molar-refractivity contribution in [1.29, 1.82) is 0 Å². The SMILES string of the molecule is c1ccc(-c2cc(CSc3nnc(C4CC4)n3C3CC3)no2)cc1. The first-order chi connectivity index (χ1) is 11.9. The Morgan fingerprint density at radius 2 is 1.92 bits per heavy atom. The van der Waals surface area contributed by atoms with Crippen molar-refractivity contribution in [2.24, 2.45) is 0 Å². The predicted octanol–water partition coefficient (Wildman–Crippen LogP) is 4.44. The van der Waals surface area contributed by atoms with Gasteiger partial charge in [0.1, 0.15) is 5.82 Å². The van der Waals surface area contributed by atoms with Crippen LogP contribution in [0.1, 0.15) is 49.2 Å². The third-order valence-corrected chi connectivity index (χ3v) is 5.49. The van der Waals surface area contributed by atoms with Crippen molar-refractivity contribution in [2.45, 2.75) is 48.6 Å². The zero-order valence-corrected chi connectivity index (χ0v) is 14.1. The summed E-state index contributed by atoms with van der Waals surface area (Å²) in [4.78, 5) is 0. The van der Waals surface area contributed by atoms with E-state index in [-0.39, 0.29) is 0 Å². The highest BCUT2D eigenvalue weighted by Gasteiger charge is 2.36. The summed E-state index contributed by atoms with van der Waals surface area (Å²) in [6.07, 6.45) is 5.04. The Morgan fingerprint density at radius 3 is 2.67 bits per heavy atom. The smallest absolute Gasteiger partial charge is 0.191 e. The minimum Gasteiger partial charge on any atom is -0.356 e. The number of hydrogen-bond donors (Lipinski definition) is 0. The minimum absolute atomic E-state index is 0.621. The first-order valence-electron chi connectivity index (χ1n) is 8.47. The number of aromatic nitrogens is 4. The summed E-state index contributed by atoms with van der Waals surface area (Å²) < 4.78 is 7.85. The quantitative estimate of drug-likeness (QED) is 0.622. The topological polar surface area (TPSA) is 56.7 Å². The van der Waals surface area contributed by atoms with Gasteiger partial charge < -0.3 is 9.09 Å². The summed E-state index contributed by atoms with van der Waals surface area (Å²) in [7, 11) is 0. The van der Waals surface area contributed by atoms with Crippen LogP contribution in [0.25, 0.3) is 11.3 Å². The van der Waals surface area contributed by atoms with Crippen LogP contribution in [-0.4, -0.2) is 19.9 Å². The summed E-state index contributed by atoms with van der Waals surface area (Å²) >= 11 is 1.71. The zero-order valence-electron chi connectivity index (χ0n) is 13.3. The third-order valence-electron chi connectivity index (χ3n) is 4.51. The van der Waals surface area contributed by atoms with E-state index < -0.39 is 0 Å². The van der Waals surface area contributed by atoms with Crippen LogP contribution in [0, 0.1) is 0 Å². The highest BCUT2D eigenvalue weighted by molar-refractivity contribution is 7.98. The van der Waals surface area contributed by atoms with Crippen molar-refractivity contribution in [1.82, 2.24) is 19.9 Å². The van der Waals surface area contributed by atoms with E-state index in [0.29, 0.717) is 12.0 Å². The van der Waals surface area contributed by atoms with Gasteiger partial charge in [-0.2, -0.15) is 0 Å². The van der Waals surface area contributed by atoms with Crippen molar-refractivity contribution >= 4 is 11.8 Å². The largest absolute Gasteiger partial charge is 0.356 e. The van der Waals surface area contributed by atoms with Gasteiger partial charge in [0.05, 0.1) is 5.69 Å². The second-order valence-corrected chi connectivity index (χ2v) is 7.50. The van der Waals surface area contributed by atoms with E-state index in [4.69, 9.17) is 4.52 Å². The van der Waals surface area contributed by atoms with Crippen LogP contribution < -0.4 is 0 Å². The van der Waals surface area contributed by atoms with Crippen LogP contribution in [0.15, 0.2) is 46.1 Å². The molecule has 0 radical (unpaired) electrons. The van der Waals surface area contributed by atoms with Crippen molar-refractivity contribution in [2.75, 3.05) is 0 Å². The predicted molar refractivity (Wildman–Crippen MR) is 91.8 cm³/mol. The van der Waals surface area contributed by atoms with Crippen LogP contribution in [0.2, 0.25) is 0 Å². The van der Waals surface area contributed by atoms with Gasteiger partial charge >= 0.3 is 0 Å². The van der Waals surface area contributed by atoms with Crippen molar-refractivity contribution in [3.8, 4) is 11.3 Å². The Labute approximate surface area is 144 Å². The molecule has 0 bridgehead atoms. The van der Waals surface area contributed by atoms with Gasteiger partial charge in [0.15, 0.2) is 10.9 Å². The van der Waals surface area contributed by atoms with Crippen molar-refractivity contribution in [3.05, 3.63) is 47.9 Å². The summed E-state index contributed by atoms with van der Waals surface area (Å²) in [6.45, 7) is 0. The standard InChI is InChI=1S/C18H18N4OS/c1-2-4-12(5-3-1)16-10-14(21-23-16)11-24-18-20-19-17(13-6-7-13)22(18)15-8-9-15/h1-5,10,13,15H,6-9,11H2. The molecular formula is C18H18N4OS. The van der Waals surface area contributed by atoms with Gasteiger partial charge in [-0.05, 0) is 25.7 Å². The van der Waals surface area contributed by atoms with Gasteiger partial charge in [0.2, 0.25) is 0 Å². The maximum absolute atomic E-state index is 5.48. The first kappa shape index (κ1) is 14.3. The Hall–Kier alpha value is -2.08. The zero-order chi connectivity index (χ0) is 15.9. The lowest BCUT2D eigenvalue weighted by atomic mass is 10.2. The summed E-state index contributed by atoms with van der Waals surface area (Å²) in [5, 5.41) is 14.1. The van der Waals surface area contributed by atoms with E-state index in [1.807, 2.05) is 36.4 Å². The molecular weight excluding hydrogens is 320 g/mol. The molecule has 0 saturated heterocycles. The average Bonchev–Trinajstić information content (AvgIpc) is 3.55. The fourth-order valence-corrected chi connectivity index (χ4v) is 3.83. The van der Waals surface area contributed by atoms with E-state index in [2.05, 4.69) is 19.9 Å². The third kappa shape index (κ3) is 2.75. The fourth-order valence-electron chi connectivity index (χ4n) is 2.94. The fraction of sp³-hybridized carbons (Fsp3) is 0.389. The molecule has 2 aliphatic carbocycles. The molecule has 0 aliphatic heterocycles. The molecule has 0 amide bonds. The van der Waals surface area contributed by atoms with Gasteiger partial charge in [-0.15, -0.1) is 10.2 Å². The van der Waals surface area contributed by atoms with Crippen LogP contribution in [0.4, 0.5) is 0 Å². The summed E-state index contributed by atoms with van der Waals surface area (Å²) in [6, 6.07) is 12.7. The van der Waals surface area contributed by atoms with Crippen LogP contribution in [0.3, 0.4) is 0 Å². The Bertz CT molecular complexity index is 849. The van der Waals surface area contributed by atoms with E-state index >= 15 is 0 Å². The number of thioether (sulfide) groups is 1. The highest BCUT2D eigenvalue weighted by atomic mass is 32.2. The molecule has 2 saturated carbocycles. The first-order valence-corrected chi connectivity index (χ1v) is 9.45. The van der Waals surface area contributed by atoms with Gasteiger partial charge in [0, 0.05) is 29.3 Å². The Morgan fingerprint density at radius 1 is 1.08 bits per heavy atom. The Balaban J connectivity index is 1.32. The number of rotatable bonds is 6. The summed E-state index contributed by atoms with van der Waals surface area (Å²) in [5.74, 6) is 3.41. The maximum atomic E-state index is 5.48. The van der Waals surface area contributed by atoms with Crippen LogP contribution >= 0.6 is 11.8 Å². The molecule has 0 spiro atoms. The molecule has 0 unspecified atom stereocenters. The number of hydrogen-bond acceptors (Lipinski definition) is 5. The normalized spacial score (nSPS) is 17.3. The van der Waals surface area contributed by atoms with Gasteiger partial charge in [0.25, 0.3) is 0 Å². The highest BCUT2D eigenvalue weighted by Crippen LogP contribution is 2.46.